The van der Waals surface area contributed by atoms with Crippen LogP contribution in [0.4, 0.5) is 0 Å². The van der Waals surface area contributed by atoms with Crippen LogP contribution in [0, 0.1) is 0 Å². The highest BCUT2D eigenvalue weighted by atomic mass is 32.2. The molecular weight excluding hydrogens is 302 g/mol. The third kappa shape index (κ3) is 4.28. The van der Waals surface area contributed by atoms with Crippen LogP contribution in [-0.4, -0.2) is 63.3 Å². The number of sulfonamides is 1. The molecule has 0 aromatic heterocycles. The maximum Gasteiger partial charge on any atom is 0.251 e. The van der Waals surface area contributed by atoms with Crippen LogP contribution >= 0.6 is 0 Å². The van der Waals surface area contributed by atoms with Crippen LogP contribution in [0.25, 0.3) is 0 Å². The van der Waals surface area contributed by atoms with Crippen LogP contribution < -0.4 is 5.32 Å². The molecule has 0 spiro atoms. The number of carbonyl (C=O) groups is 1. The second kappa shape index (κ2) is 7.21. The van der Waals surface area contributed by atoms with E-state index in [1.165, 1.54) is 0 Å². The summed E-state index contributed by atoms with van der Waals surface area (Å²) in [6.07, 6.45) is 0. The van der Waals surface area contributed by atoms with Gasteiger partial charge >= 0.3 is 0 Å². The summed E-state index contributed by atoms with van der Waals surface area (Å²) in [5, 5.41) is 2.72. The first kappa shape index (κ1) is 16.9. The molecule has 1 N–H and O–H groups in total. The quantitative estimate of drug-likeness (QED) is 0.856. The van der Waals surface area contributed by atoms with Gasteiger partial charge in [0.15, 0.2) is 0 Å². The van der Waals surface area contributed by atoms with Crippen molar-refractivity contribution < 1.29 is 13.2 Å². The van der Waals surface area contributed by atoms with Crippen LogP contribution in [0.15, 0.2) is 24.3 Å². The van der Waals surface area contributed by atoms with Gasteiger partial charge in [-0.3, -0.25) is 4.79 Å². The van der Waals surface area contributed by atoms with Gasteiger partial charge in [0.2, 0.25) is 10.0 Å². The zero-order chi connectivity index (χ0) is 16.2. The van der Waals surface area contributed by atoms with Gasteiger partial charge in [0.1, 0.15) is 0 Å². The third-order valence-corrected chi connectivity index (χ3v) is 5.61. The number of rotatable bonds is 5. The Morgan fingerprint density at radius 1 is 1.14 bits per heavy atom. The number of benzene rings is 1. The topological polar surface area (TPSA) is 69.7 Å². The maximum absolute atomic E-state index is 12.4. The molecular formula is C15H23N3O3S. The van der Waals surface area contributed by atoms with Crippen molar-refractivity contribution in [1.82, 2.24) is 14.5 Å². The van der Waals surface area contributed by atoms with Gasteiger partial charge < -0.3 is 10.2 Å². The molecule has 1 aromatic carbocycles. The van der Waals surface area contributed by atoms with Crippen molar-refractivity contribution >= 4 is 15.9 Å². The predicted octanol–water partition coefficient (Wildman–Crippen LogP) is 0.514. The van der Waals surface area contributed by atoms with E-state index >= 15 is 0 Å². The van der Waals surface area contributed by atoms with E-state index in [2.05, 4.69) is 10.2 Å². The monoisotopic (exact) mass is 325 g/mol. The lowest BCUT2D eigenvalue weighted by atomic mass is 10.1. The molecule has 0 atom stereocenters. The van der Waals surface area contributed by atoms with E-state index in [9.17, 15) is 13.2 Å². The fourth-order valence-electron chi connectivity index (χ4n) is 2.38. The first-order valence-corrected chi connectivity index (χ1v) is 9.07. The van der Waals surface area contributed by atoms with E-state index in [-0.39, 0.29) is 11.7 Å². The summed E-state index contributed by atoms with van der Waals surface area (Å²) in [4.78, 5) is 13.8. The molecule has 1 saturated heterocycles. The molecule has 1 amide bonds. The number of nitrogens with zero attached hydrogens (tertiary/aromatic N) is 2. The highest BCUT2D eigenvalue weighted by molar-refractivity contribution is 7.88. The summed E-state index contributed by atoms with van der Waals surface area (Å²) >= 11 is 0. The molecule has 0 unspecified atom stereocenters. The number of nitrogens with one attached hydrogen (secondary N) is 1. The maximum atomic E-state index is 12.4. The molecule has 0 radical (unpaired) electrons. The second-order valence-corrected chi connectivity index (χ2v) is 7.48. The lowest BCUT2D eigenvalue weighted by molar-refractivity contribution is 0.0956. The molecule has 1 fully saturated rings. The van der Waals surface area contributed by atoms with Crippen LogP contribution in [-0.2, 0) is 15.8 Å². The summed E-state index contributed by atoms with van der Waals surface area (Å²) in [5.74, 6) is -0.164. The number of carbonyl (C=O) groups excluding carboxylic acids is 1. The summed E-state index contributed by atoms with van der Waals surface area (Å²) in [6, 6.07) is 6.75. The van der Waals surface area contributed by atoms with Gasteiger partial charge in [-0.1, -0.05) is 12.1 Å². The molecule has 122 valence electrons. The Morgan fingerprint density at radius 2 is 1.73 bits per heavy atom. The van der Waals surface area contributed by atoms with Crippen molar-refractivity contribution in [2.45, 2.75) is 12.7 Å². The van der Waals surface area contributed by atoms with Gasteiger partial charge in [0, 0.05) is 38.3 Å². The fourth-order valence-corrected chi connectivity index (χ4v) is 3.90. The Balaban J connectivity index is 2.02. The first-order chi connectivity index (χ1) is 10.4. The van der Waals surface area contributed by atoms with Crippen LogP contribution in [0.3, 0.4) is 0 Å². The van der Waals surface area contributed by atoms with Gasteiger partial charge in [0.05, 0.1) is 5.75 Å². The zero-order valence-corrected chi connectivity index (χ0v) is 13.9. The average molecular weight is 325 g/mol. The molecule has 0 aliphatic carbocycles. The van der Waals surface area contributed by atoms with E-state index < -0.39 is 10.0 Å². The molecule has 2 rings (SSSR count). The lowest BCUT2D eigenvalue weighted by Gasteiger charge is -2.31. The van der Waals surface area contributed by atoms with Crippen LogP contribution in [0.1, 0.15) is 22.8 Å². The first-order valence-electron chi connectivity index (χ1n) is 7.46. The molecule has 22 heavy (non-hydrogen) atoms. The standard InChI is InChI=1S/C15H23N3O3S/c1-3-16-15(19)14-6-4-13(5-7-14)12-22(20,21)18-10-8-17(2)9-11-18/h4-7H,3,8-12H2,1-2H3,(H,16,19). The number of hydrogen-bond acceptors (Lipinski definition) is 4. The van der Waals surface area contributed by atoms with Crippen molar-refractivity contribution in [3.05, 3.63) is 35.4 Å². The van der Waals surface area contributed by atoms with Crippen molar-refractivity contribution in [2.75, 3.05) is 39.8 Å². The number of piperazine rings is 1. The number of amides is 1. The van der Waals surface area contributed by atoms with Gasteiger partial charge in [-0.15, -0.1) is 0 Å². The fraction of sp³-hybridized carbons (Fsp3) is 0.533. The molecule has 7 heteroatoms. The number of likely N-dealkylation sites (N-methyl/N-ethyl adjacent to an activating group) is 1. The number of hydrogen-bond donors (Lipinski definition) is 1. The SMILES string of the molecule is CCNC(=O)c1ccc(CS(=O)(=O)N2CCN(C)CC2)cc1. The molecule has 1 heterocycles. The van der Waals surface area contributed by atoms with Crippen LogP contribution in [0.5, 0.6) is 0 Å². The normalized spacial score (nSPS) is 17.4. The van der Waals surface area contributed by atoms with Crippen molar-refractivity contribution in [1.29, 1.82) is 0 Å². The minimum atomic E-state index is -3.30. The molecule has 0 bridgehead atoms. The summed E-state index contributed by atoms with van der Waals surface area (Å²) in [6.45, 7) is 5.02. The van der Waals surface area contributed by atoms with E-state index in [0.29, 0.717) is 30.8 Å². The predicted molar refractivity (Wildman–Crippen MR) is 86.1 cm³/mol. The van der Waals surface area contributed by atoms with Gasteiger partial charge in [-0.2, -0.15) is 4.31 Å². The molecule has 1 aromatic rings. The highest BCUT2D eigenvalue weighted by Gasteiger charge is 2.25. The van der Waals surface area contributed by atoms with Crippen molar-refractivity contribution in [3.8, 4) is 0 Å². The zero-order valence-electron chi connectivity index (χ0n) is 13.1. The van der Waals surface area contributed by atoms with Gasteiger partial charge in [0.25, 0.3) is 5.91 Å². The summed E-state index contributed by atoms with van der Waals surface area (Å²) in [7, 11) is -1.31. The largest absolute Gasteiger partial charge is 0.352 e. The Morgan fingerprint density at radius 3 is 2.27 bits per heavy atom. The van der Waals surface area contributed by atoms with Crippen molar-refractivity contribution in [3.63, 3.8) is 0 Å². The third-order valence-electron chi connectivity index (χ3n) is 3.76. The Hall–Kier alpha value is -1.44. The van der Waals surface area contributed by atoms with E-state index in [4.69, 9.17) is 0 Å². The smallest absolute Gasteiger partial charge is 0.251 e. The van der Waals surface area contributed by atoms with Gasteiger partial charge in [-0.25, -0.2) is 8.42 Å². The highest BCUT2D eigenvalue weighted by Crippen LogP contribution is 2.14. The minimum Gasteiger partial charge on any atom is -0.352 e. The van der Waals surface area contributed by atoms with E-state index in [0.717, 1.165) is 13.1 Å². The summed E-state index contributed by atoms with van der Waals surface area (Å²) < 4.78 is 26.4. The Labute approximate surface area is 132 Å². The average Bonchev–Trinajstić information content (AvgIpc) is 2.48. The molecule has 1 aliphatic rings. The minimum absolute atomic E-state index is 0.0214. The lowest BCUT2D eigenvalue weighted by Crippen LogP contribution is -2.47. The summed E-state index contributed by atoms with van der Waals surface area (Å²) in [5.41, 5.74) is 1.24. The van der Waals surface area contributed by atoms with Crippen molar-refractivity contribution in [2.24, 2.45) is 0 Å². The van der Waals surface area contributed by atoms with E-state index in [1.807, 2.05) is 14.0 Å². The van der Waals surface area contributed by atoms with E-state index in [1.54, 1.807) is 28.6 Å². The Bertz CT molecular complexity index is 605. The molecule has 6 nitrogen and oxygen atoms in total. The molecule has 1 aliphatic heterocycles. The molecule has 0 saturated carbocycles. The Kier molecular flexibility index (Phi) is 5.55. The second-order valence-electron chi connectivity index (χ2n) is 5.51. The van der Waals surface area contributed by atoms with Gasteiger partial charge in [-0.05, 0) is 31.7 Å². The van der Waals surface area contributed by atoms with Crippen LogP contribution in [0.2, 0.25) is 0 Å².